The second kappa shape index (κ2) is 9.71. The highest BCUT2D eigenvalue weighted by Gasteiger charge is 2.09. The fourth-order valence-corrected chi connectivity index (χ4v) is 2.02. The third-order valence-electron chi connectivity index (χ3n) is 3.42. The van der Waals surface area contributed by atoms with Crippen molar-refractivity contribution in [1.82, 2.24) is 10.7 Å². The molecule has 0 aliphatic heterocycles. The van der Waals surface area contributed by atoms with Gasteiger partial charge in [0.15, 0.2) is 6.61 Å². The molecule has 0 fully saturated rings. The van der Waals surface area contributed by atoms with Crippen molar-refractivity contribution >= 4 is 29.6 Å². The van der Waals surface area contributed by atoms with Crippen LogP contribution < -0.4 is 20.8 Å². The zero-order valence-corrected chi connectivity index (χ0v) is 15.0. The number of ether oxygens (including phenoxy) is 1. The molecular weight excluding hydrogens is 348 g/mol. The lowest BCUT2D eigenvalue weighted by Crippen LogP contribution is -2.35. The van der Waals surface area contributed by atoms with Crippen molar-refractivity contribution in [3.8, 4) is 5.75 Å². The van der Waals surface area contributed by atoms with Crippen LogP contribution in [0, 0.1) is 6.92 Å². The van der Waals surface area contributed by atoms with Crippen LogP contribution in [0.2, 0.25) is 0 Å². The Balaban J connectivity index is 1.93. The number of carbonyl (C=O) groups is 3. The summed E-state index contributed by atoms with van der Waals surface area (Å²) in [6, 6.07) is 14.3. The molecule has 0 saturated heterocycles. The summed E-state index contributed by atoms with van der Waals surface area (Å²) in [6.07, 6.45) is 1.33. The van der Waals surface area contributed by atoms with Crippen molar-refractivity contribution in [1.29, 1.82) is 0 Å². The first kappa shape index (κ1) is 19.6. The van der Waals surface area contributed by atoms with Crippen LogP contribution in [0.15, 0.2) is 53.6 Å². The Morgan fingerprint density at radius 3 is 2.44 bits per heavy atom. The third-order valence-corrected chi connectivity index (χ3v) is 3.42. The molecule has 0 aliphatic carbocycles. The zero-order valence-electron chi connectivity index (χ0n) is 15.0. The van der Waals surface area contributed by atoms with Gasteiger partial charge in [0.05, 0.1) is 6.21 Å². The van der Waals surface area contributed by atoms with E-state index in [1.807, 2.05) is 31.2 Å². The number of carbonyl (C=O) groups excluding carboxylic acids is 3. The van der Waals surface area contributed by atoms with E-state index in [1.54, 1.807) is 24.3 Å². The van der Waals surface area contributed by atoms with Gasteiger partial charge in [0.25, 0.3) is 5.91 Å². The molecule has 0 unspecified atom stereocenters. The molecule has 2 aromatic carbocycles. The molecular formula is C19H20N4O4. The summed E-state index contributed by atoms with van der Waals surface area (Å²) in [5, 5.41) is 8.63. The molecule has 0 atom stereocenters. The molecule has 0 heterocycles. The Bertz CT molecular complexity index is 847. The van der Waals surface area contributed by atoms with Crippen molar-refractivity contribution < 1.29 is 19.1 Å². The molecule has 0 spiro atoms. The lowest BCUT2D eigenvalue weighted by Gasteiger charge is -2.09. The standard InChI is InChI=1S/C19H20N4O4/c1-13-7-9-15(10-8-13)22-17(24)12-27-16-6-4-3-5-14(16)11-21-23-19(26)18(25)20-2/h3-11H,12H2,1-2H3,(H,20,25)(H,22,24)(H,23,26)/b21-11-. The number of nitrogens with one attached hydrogen (secondary N) is 3. The summed E-state index contributed by atoms with van der Waals surface area (Å²) in [4.78, 5) is 34.5. The smallest absolute Gasteiger partial charge is 0.329 e. The molecule has 2 rings (SSSR count). The largest absolute Gasteiger partial charge is 0.483 e. The third kappa shape index (κ3) is 6.28. The number of aryl methyl sites for hydroxylation is 1. The minimum Gasteiger partial charge on any atom is -0.483 e. The molecule has 140 valence electrons. The highest BCUT2D eigenvalue weighted by molar-refractivity contribution is 6.35. The van der Waals surface area contributed by atoms with Crippen LogP contribution in [0.4, 0.5) is 5.69 Å². The number of benzene rings is 2. The maximum atomic E-state index is 12.0. The number of anilines is 1. The molecule has 3 N–H and O–H groups in total. The lowest BCUT2D eigenvalue weighted by molar-refractivity contribution is -0.138. The number of amides is 3. The summed E-state index contributed by atoms with van der Waals surface area (Å²) < 4.78 is 5.53. The predicted octanol–water partition coefficient (Wildman–Crippen LogP) is 1.21. The highest BCUT2D eigenvalue weighted by atomic mass is 16.5. The number of para-hydroxylation sites is 1. The minimum atomic E-state index is -0.885. The van der Waals surface area contributed by atoms with Crippen LogP contribution in [0.25, 0.3) is 0 Å². The van der Waals surface area contributed by atoms with E-state index in [1.165, 1.54) is 13.3 Å². The molecule has 0 aliphatic rings. The number of hydrogen-bond acceptors (Lipinski definition) is 5. The topological polar surface area (TPSA) is 109 Å². The molecule has 3 amide bonds. The summed E-state index contributed by atoms with van der Waals surface area (Å²) >= 11 is 0. The van der Waals surface area contributed by atoms with Crippen molar-refractivity contribution in [2.75, 3.05) is 19.0 Å². The maximum absolute atomic E-state index is 12.0. The molecule has 2 aromatic rings. The lowest BCUT2D eigenvalue weighted by atomic mass is 10.2. The van der Waals surface area contributed by atoms with Gasteiger partial charge in [0, 0.05) is 18.3 Å². The van der Waals surface area contributed by atoms with Crippen LogP contribution in [0.3, 0.4) is 0 Å². The van der Waals surface area contributed by atoms with Crippen LogP contribution in [0.5, 0.6) is 5.75 Å². The molecule has 0 bridgehead atoms. The number of hydrogen-bond donors (Lipinski definition) is 3. The molecule has 27 heavy (non-hydrogen) atoms. The average molecular weight is 368 g/mol. The fourth-order valence-electron chi connectivity index (χ4n) is 2.02. The van der Waals surface area contributed by atoms with Crippen LogP contribution in [-0.2, 0) is 14.4 Å². The predicted molar refractivity (Wildman–Crippen MR) is 102 cm³/mol. The first-order valence-electron chi connectivity index (χ1n) is 8.13. The van der Waals surface area contributed by atoms with Crippen molar-refractivity contribution in [2.45, 2.75) is 6.92 Å². The monoisotopic (exact) mass is 368 g/mol. The number of likely N-dealkylation sites (N-methyl/N-ethyl adjacent to an activating group) is 1. The van der Waals surface area contributed by atoms with Gasteiger partial charge in [-0.1, -0.05) is 29.8 Å². The second-order valence-corrected chi connectivity index (χ2v) is 5.52. The molecule has 0 saturated carbocycles. The van der Waals surface area contributed by atoms with Gasteiger partial charge in [-0.25, -0.2) is 5.43 Å². The first-order chi connectivity index (χ1) is 13.0. The Labute approximate surface area is 156 Å². The number of nitrogens with zero attached hydrogens (tertiary/aromatic N) is 1. The number of hydrazone groups is 1. The fraction of sp³-hybridized carbons (Fsp3) is 0.158. The number of rotatable bonds is 6. The Hall–Kier alpha value is -3.68. The molecule has 0 aromatic heterocycles. The second-order valence-electron chi connectivity index (χ2n) is 5.52. The normalized spacial score (nSPS) is 10.3. The van der Waals surface area contributed by atoms with Gasteiger partial charge in [-0.05, 0) is 31.2 Å². The van der Waals surface area contributed by atoms with Crippen LogP contribution in [0.1, 0.15) is 11.1 Å². The summed E-state index contributed by atoms with van der Waals surface area (Å²) in [5.74, 6) is -1.58. The molecule has 8 heteroatoms. The summed E-state index contributed by atoms with van der Waals surface area (Å²) in [5.41, 5.74) is 4.41. The van der Waals surface area contributed by atoms with Gasteiger partial charge in [-0.15, -0.1) is 0 Å². The Morgan fingerprint density at radius 1 is 1.04 bits per heavy atom. The minimum absolute atomic E-state index is 0.191. The van der Waals surface area contributed by atoms with Crippen molar-refractivity contribution in [2.24, 2.45) is 5.10 Å². The van der Waals surface area contributed by atoms with E-state index in [-0.39, 0.29) is 12.5 Å². The zero-order chi connectivity index (χ0) is 19.6. The van der Waals surface area contributed by atoms with E-state index in [9.17, 15) is 14.4 Å². The van der Waals surface area contributed by atoms with Gasteiger partial charge in [-0.3, -0.25) is 14.4 Å². The van der Waals surface area contributed by atoms with E-state index in [0.717, 1.165) is 5.56 Å². The molecule has 0 radical (unpaired) electrons. The van der Waals surface area contributed by atoms with Gasteiger partial charge in [0.1, 0.15) is 5.75 Å². The van der Waals surface area contributed by atoms with Gasteiger partial charge in [0.2, 0.25) is 0 Å². The van der Waals surface area contributed by atoms with E-state index in [2.05, 4.69) is 21.2 Å². The van der Waals surface area contributed by atoms with E-state index < -0.39 is 11.8 Å². The average Bonchev–Trinajstić information content (AvgIpc) is 2.68. The van der Waals surface area contributed by atoms with E-state index >= 15 is 0 Å². The van der Waals surface area contributed by atoms with Gasteiger partial charge < -0.3 is 15.4 Å². The SMILES string of the molecule is CNC(=O)C(=O)N/N=C\c1ccccc1OCC(=O)Nc1ccc(C)cc1. The maximum Gasteiger partial charge on any atom is 0.329 e. The Kier molecular flexibility index (Phi) is 7.07. The van der Waals surface area contributed by atoms with Crippen molar-refractivity contribution in [3.63, 3.8) is 0 Å². The Morgan fingerprint density at radius 2 is 1.74 bits per heavy atom. The van der Waals surface area contributed by atoms with Crippen LogP contribution in [-0.4, -0.2) is 37.6 Å². The molecule has 8 nitrogen and oxygen atoms in total. The highest BCUT2D eigenvalue weighted by Crippen LogP contribution is 2.16. The first-order valence-corrected chi connectivity index (χ1v) is 8.13. The van der Waals surface area contributed by atoms with E-state index in [0.29, 0.717) is 17.0 Å². The van der Waals surface area contributed by atoms with E-state index in [4.69, 9.17) is 4.74 Å². The van der Waals surface area contributed by atoms with Gasteiger partial charge in [-0.2, -0.15) is 5.10 Å². The van der Waals surface area contributed by atoms with Gasteiger partial charge >= 0.3 is 11.8 Å². The summed E-state index contributed by atoms with van der Waals surface area (Å²) in [7, 11) is 1.34. The quantitative estimate of drug-likeness (QED) is 0.404. The van der Waals surface area contributed by atoms with Crippen molar-refractivity contribution in [3.05, 3.63) is 59.7 Å². The summed E-state index contributed by atoms with van der Waals surface area (Å²) in [6.45, 7) is 1.77. The van der Waals surface area contributed by atoms with Crippen LogP contribution >= 0.6 is 0 Å².